The van der Waals surface area contributed by atoms with Gasteiger partial charge in [-0.05, 0) is 66.8 Å². The van der Waals surface area contributed by atoms with E-state index in [0.717, 1.165) is 31.6 Å². The fourth-order valence-corrected chi connectivity index (χ4v) is 5.86. The van der Waals surface area contributed by atoms with Gasteiger partial charge in [0.05, 0.1) is 11.2 Å². The summed E-state index contributed by atoms with van der Waals surface area (Å²) in [6.07, 6.45) is -2.60. The first-order chi connectivity index (χ1) is 17.1. The molecule has 36 heavy (non-hydrogen) atoms. The van der Waals surface area contributed by atoms with Crippen LogP contribution >= 0.6 is 0 Å². The summed E-state index contributed by atoms with van der Waals surface area (Å²) in [6, 6.07) is 22.4. The highest BCUT2D eigenvalue weighted by atomic mass is 19.4. The van der Waals surface area contributed by atoms with Gasteiger partial charge in [-0.3, -0.25) is 0 Å². The Bertz CT molecular complexity index is 1180. The van der Waals surface area contributed by atoms with Crippen LogP contribution in [-0.4, -0.2) is 36.2 Å². The second-order valence-electron chi connectivity index (χ2n) is 10.6. The lowest BCUT2D eigenvalue weighted by Crippen LogP contribution is -2.43. The van der Waals surface area contributed by atoms with Gasteiger partial charge in [0.2, 0.25) is 0 Å². The molecule has 0 aliphatic carbocycles. The third kappa shape index (κ3) is 4.53. The Hall–Kier alpha value is -2.83. The minimum Gasteiger partial charge on any atom is -0.385 e. The summed E-state index contributed by atoms with van der Waals surface area (Å²) in [5, 5.41) is 11.1. The molecule has 0 radical (unpaired) electrons. The number of hydrogen-bond donors (Lipinski definition) is 1. The molecule has 0 unspecified atom stereocenters. The highest BCUT2D eigenvalue weighted by Gasteiger charge is 2.38. The molecule has 0 aromatic heterocycles. The zero-order valence-corrected chi connectivity index (χ0v) is 20.9. The largest absolute Gasteiger partial charge is 0.416 e. The van der Waals surface area contributed by atoms with Crippen molar-refractivity contribution in [2.75, 3.05) is 31.1 Å². The first-order valence-electron chi connectivity index (χ1n) is 12.7. The van der Waals surface area contributed by atoms with Crippen molar-refractivity contribution in [3.05, 3.63) is 95.1 Å². The van der Waals surface area contributed by atoms with Crippen LogP contribution in [0.25, 0.3) is 0 Å². The number of aliphatic hydroxyl groups is 1. The van der Waals surface area contributed by atoms with Crippen molar-refractivity contribution in [1.82, 2.24) is 4.90 Å². The number of piperidine rings is 1. The standard InChI is InChI=1S/C30H33F3N2O/c1-28(2)24-11-3-5-13-26(24)35(27-14-6-4-12-25(27)28)18-8-17-34-19-15-29(36,16-20-34)22-9-7-10-23(21-22)30(31,32)33/h3-7,9-14,21,36H,8,15-20H2,1-2H3. The third-order valence-corrected chi connectivity index (χ3v) is 8.00. The first kappa shape index (κ1) is 24.8. The lowest BCUT2D eigenvalue weighted by Gasteiger charge is -2.42. The van der Waals surface area contributed by atoms with Gasteiger partial charge in [0.1, 0.15) is 0 Å². The van der Waals surface area contributed by atoms with E-state index in [1.165, 1.54) is 28.6 Å². The molecule has 0 bridgehead atoms. The van der Waals surface area contributed by atoms with Crippen molar-refractivity contribution >= 4 is 11.4 Å². The Morgan fingerprint density at radius 3 is 1.97 bits per heavy atom. The van der Waals surface area contributed by atoms with Crippen molar-refractivity contribution in [2.45, 2.75) is 50.3 Å². The van der Waals surface area contributed by atoms with Crippen LogP contribution in [0, 0.1) is 0 Å². The summed E-state index contributed by atoms with van der Waals surface area (Å²) in [5.41, 5.74) is 3.53. The average molecular weight is 495 g/mol. The number of alkyl halides is 3. The number of anilines is 2. The van der Waals surface area contributed by atoms with Crippen LogP contribution in [0.5, 0.6) is 0 Å². The molecule has 5 rings (SSSR count). The number of nitrogens with zero attached hydrogens (tertiary/aromatic N) is 2. The number of benzene rings is 3. The van der Waals surface area contributed by atoms with Crippen LogP contribution in [-0.2, 0) is 17.2 Å². The van der Waals surface area contributed by atoms with Crippen molar-refractivity contribution in [1.29, 1.82) is 0 Å². The molecule has 0 spiro atoms. The van der Waals surface area contributed by atoms with Crippen LogP contribution in [0.15, 0.2) is 72.8 Å². The van der Waals surface area contributed by atoms with Gasteiger partial charge in [0, 0.05) is 36.4 Å². The molecule has 6 heteroatoms. The Kier molecular flexibility index (Phi) is 6.38. The number of hydrogen-bond acceptors (Lipinski definition) is 3. The van der Waals surface area contributed by atoms with Crippen LogP contribution in [0.2, 0.25) is 0 Å². The zero-order chi connectivity index (χ0) is 25.6. The predicted octanol–water partition coefficient (Wildman–Crippen LogP) is 6.86. The van der Waals surface area contributed by atoms with E-state index in [4.69, 9.17) is 0 Å². The Labute approximate surface area is 211 Å². The molecule has 0 atom stereocenters. The number of fused-ring (bicyclic) bond motifs is 2. The van der Waals surface area contributed by atoms with Gasteiger partial charge in [0.25, 0.3) is 0 Å². The quantitative estimate of drug-likeness (QED) is 0.420. The van der Waals surface area contributed by atoms with E-state index >= 15 is 0 Å². The summed E-state index contributed by atoms with van der Waals surface area (Å²) >= 11 is 0. The monoisotopic (exact) mass is 494 g/mol. The van der Waals surface area contributed by atoms with E-state index in [-0.39, 0.29) is 5.41 Å². The topological polar surface area (TPSA) is 26.7 Å². The predicted molar refractivity (Wildman–Crippen MR) is 138 cm³/mol. The minimum atomic E-state index is -4.41. The summed E-state index contributed by atoms with van der Waals surface area (Å²) in [4.78, 5) is 4.73. The molecule has 1 fully saturated rings. The van der Waals surface area contributed by atoms with Crippen molar-refractivity contribution in [2.24, 2.45) is 0 Å². The minimum absolute atomic E-state index is 0.0650. The van der Waals surface area contributed by atoms with E-state index in [2.05, 4.69) is 72.2 Å². The number of likely N-dealkylation sites (tertiary alicyclic amines) is 1. The van der Waals surface area contributed by atoms with Gasteiger partial charge in [0.15, 0.2) is 0 Å². The fraction of sp³-hybridized carbons (Fsp3) is 0.400. The molecular weight excluding hydrogens is 461 g/mol. The molecule has 0 amide bonds. The van der Waals surface area contributed by atoms with Gasteiger partial charge >= 0.3 is 6.18 Å². The normalized spacial score (nSPS) is 19.0. The molecule has 1 saturated heterocycles. The van der Waals surface area contributed by atoms with E-state index in [0.29, 0.717) is 31.5 Å². The van der Waals surface area contributed by atoms with Gasteiger partial charge < -0.3 is 14.9 Å². The van der Waals surface area contributed by atoms with Gasteiger partial charge in [-0.2, -0.15) is 13.2 Å². The van der Waals surface area contributed by atoms with E-state index in [9.17, 15) is 18.3 Å². The molecular formula is C30H33F3N2O. The van der Waals surface area contributed by atoms with Crippen molar-refractivity contribution < 1.29 is 18.3 Å². The highest BCUT2D eigenvalue weighted by Crippen LogP contribution is 2.48. The molecule has 3 nitrogen and oxygen atoms in total. The average Bonchev–Trinajstić information content (AvgIpc) is 2.87. The van der Waals surface area contributed by atoms with Crippen LogP contribution in [0.3, 0.4) is 0 Å². The van der Waals surface area contributed by atoms with Gasteiger partial charge in [-0.1, -0.05) is 62.4 Å². The number of rotatable bonds is 5. The molecule has 0 saturated carbocycles. The summed E-state index contributed by atoms with van der Waals surface area (Å²) in [6.45, 7) is 7.63. The van der Waals surface area contributed by atoms with E-state index in [1.807, 2.05) is 0 Å². The molecule has 3 aromatic carbocycles. The zero-order valence-electron chi connectivity index (χ0n) is 20.9. The van der Waals surface area contributed by atoms with Crippen LogP contribution in [0.4, 0.5) is 24.5 Å². The second-order valence-corrected chi connectivity index (χ2v) is 10.6. The molecule has 2 heterocycles. The maximum atomic E-state index is 13.1. The first-order valence-corrected chi connectivity index (χ1v) is 12.7. The maximum absolute atomic E-state index is 13.1. The van der Waals surface area contributed by atoms with Crippen molar-refractivity contribution in [3.8, 4) is 0 Å². The summed E-state index contributed by atoms with van der Waals surface area (Å²) < 4.78 is 39.4. The molecule has 3 aromatic rings. The lowest BCUT2D eigenvalue weighted by molar-refractivity contribution is -0.137. The Morgan fingerprint density at radius 2 is 1.39 bits per heavy atom. The molecule has 190 valence electrons. The number of halogens is 3. The SMILES string of the molecule is CC1(C)c2ccccc2N(CCCN2CCC(O)(c3cccc(C(F)(F)F)c3)CC2)c2ccccc21. The third-order valence-electron chi connectivity index (χ3n) is 8.00. The molecule has 2 aliphatic rings. The second kappa shape index (κ2) is 9.24. The maximum Gasteiger partial charge on any atom is 0.416 e. The van der Waals surface area contributed by atoms with E-state index in [1.54, 1.807) is 6.07 Å². The Morgan fingerprint density at radius 1 is 0.806 bits per heavy atom. The molecule has 1 N–H and O–H groups in total. The van der Waals surface area contributed by atoms with Gasteiger partial charge in [-0.25, -0.2) is 0 Å². The highest BCUT2D eigenvalue weighted by molar-refractivity contribution is 5.77. The number of para-hydroxylation sites is 2. The van der Waals surface area contributed by atoms with Crippen LogP contribution in [0.1, 0.15) is 55.4 Å². The summed E-state index contributed by atoms with van der Waals surface area (Å²) in [5.74, 6) is 0. The molecule has 2 aliphatic heterocycles. The van der Waals surface area contributed by atoms with Gasteiger partial charge in [-0.15, -0.1) is 0 Å². The van der Waals surface area contributed by atoms with Crippen LogP contribution < -0.4 is 4.90 Å². The lowest BCUT2D eigenvalue weighted by atomic mass is 9.73. The smallest absolute Gasteiger partial charge is 0.385 e. The Balaban J connectivity index is 1.24. The van der Waals surface area contributed by atoms with E-state index < -0.39 is 17.3 Å². The fourth-order valence-electron chi connectivity index (χ4n) is 5.86. The van der Waals surface area contributed by atoms with Crippen molar-refractivity contribution in [3.63, 3.8) is 0 Å². The summed E-state index contributed by atoms with van der Waals surface area (Å²) in [7, 11) is 0.